The summed E-state index contributed by atoms with van der Waals surface area (Å²) in [6, 6.07) is 5.96. The topological polar surface area (TPSA) is 47.6 Å². The molecule has 0 heterocycles. The summed E-state index contributed by atoms with van der Waals surface area (Å²) in [5, 5.41) is 3.47. The number of nitrogens with one attached hydrogen (secondary N) is 1. The maximum Gasteiger partial charge on any atom is 0.161 e. The van der Waals surface area contributed by atoms with Crippen molar-refractivity contribution in [3.8, 4) is 11.5 Å². The first-order valence-electron chi connectivity index (χ1n) is 7.46. The lowest BCUT2D eigenvalue weighted by Gasteiger charge is -2.20. The van der Waals surface area contributed by atoms with Crippen molar-refractivity contribution in [2.75, 3.05) is 32.3 Å². The molecule has 120 valence electrons. The Morgan fingerprint density at radius 2 is 1.86 bits per heavy atom. The van der Waals surface area contributed by atoms with Crippen molar-refractivity contribution < 1.29 is 13.7 Å². The maximum atomic E-state index is 12.1. The normalized spacial score (nSPS) is 13.7. The second-order valence-electron chi connectivity index (χ2n) is 4.93. The Bertz CT molecular complexity index is 451. The van der Waals surface area contributed by atoms with Crippen LogP contribution in [0.25, 0.3) is 0 Å². The van der Waals surface area contributed by atoms with E-state index in [4.69, 9.17) is 9.47 Å². The van der Waals surface area contributed by atoms with E-state index in [2.05, 4.69) is 19.2 Å². The van der Waals surface area contributed by atoms with Crippen LogP contribution in [-0.4, -0.2) is 36.5 Å². The zero-order chi connectivity index (χ0) is 15.7. The van der Waals surface area contributed by atoms with Crippen LogP contribution in [0.1, 0.15) is 38.3 Å². The van der Waals surface area contributed by atoms with E-state index in [0.717, 1.165) is 30.7 Å². The molecule has 0 aromatic heterocycles. The molecule has 1 rings (SSSR count). The van der Waals surface area contributed by atoms with Gasteiger partial charge in [-0.25, -0.2) is 0 Å². The van der Waals surface area contributed by atoms with Gasteiger partial charge in [0.15, 0.2) is 11.5 Å². The van der Waals surface area contributed by atoms with Gasteiger partial charge in [-0.3, -0.25) is 4.21 Å². The van der Waals surface area contributed by atoms with Crippen LogP contribution in [0.4, 0.5) is 0 Å². The van der Waals surface area contributed by atoms with Gasteiger partial charge < -0.3 is 14.8 Å². The Kier molecular flexibility index (Phi) is 8.38. The van der Waals surface area contributed by atoms with Gasteiger partial charge in [-0.1, -0.05) is 19.9 Å². The average Bonchev–Trinajstić information content (AvgIpc) is 2.50. The Balaban J connectivity index is 2.93. The monoisotopic (exact) mass is 313 g/mol. The Morgan fingerprint density at radius 3 is 2.43 bits per heavy atom. The van der Waals surface area contributed by atoms with Gasteiger partial charge in [0.1, 0.15) is 0 Å². The molecule has 0 aliphatic heterocycles. The quantitative estimate of drug-likeness (QED) is 0.721. The molecule has 0 fully saturated rings. The largest absolute Gasteiger partial charge is 0.493 e. The number of methoxy groups -OCH3 is 2. The fourth-order valence-electron chi connectivity index (χ4n) is 2.16. The summed E-state index contributed by atoms with van der Waals surface area (Å²) in [7, 11) is 2.45. The lowest BCUT2D eigenvalue weighted by Crippen LogP contribution is -2.27. The average molecular weight is 313 g/mol. The molecule has 1 aromatic carbocycles. The van der Waals surface area contributed by atoms with Gasteiger partial charge in [0.25, 0.3) is 0 Å². The highest BCUT2D eigenvalue weighted by atomic mass is 32.2. The van der Waals surface area contributed by atoms with Gasteiger partial charge in [-0.2, -0.15) is 0 Å². The summed E-state index contributed by atoms with van der Waals surface area (Å²) in [4.78, 5) is 0. The number of rotatable bonds is 10. The molecule has 4 nitrogen and oxygen atoms in total. The van der Waals surface area contributed by atoms with Gasteiger partial charge in [0.2, 0.25) is 0 Å². The molecule has 0 radical (unpaired) electrons. The fourth-order valence-corrected chi connectivity index (χ4v) is 3.46. The summed E-state index contributed by atoms with van der Waals surface area (Å²) >= 11 is 0. The molecule has 1 N–H and O–H groups in total. The van der Waals surface area contributed by atoms with E-state index >= 15 is 0 Å². The second-order valence-corrected chi connectivity index (χ2v) is 6.55. The maximum absolute atomic E-state index is 12.1. The van der Waals surface area contributed by atoms with Crippen LogP contribution in [-0.2, 0) is 10.8 Å². The van der Waals surface area contributed by atoms with E-state index in [0.29, 0.717) is 17.3 Å². The Morgan fingerprint density at radius 1 is 1.14 bits per heavy atom. The van der Waals surface area contributed by atoms with E-state index in [1.807, 2.05) is 18.2 Å². The number of hydrogen-bond acceptors (Lipinski definition) is 4. The first-order chi connectivity index (χ1) is 10.2. The summed E-state index contributed by atoms with van der Waals surface area (Å²) < 4.78 is 22.7. The highest BCUT2D eigenvalue weighted by Gasteiger charge is 2.16. The molecule has 0 spiro atoms. The second kappa shape index (κ2) is 9.79. The molecule has 0 saturated carbocycles. The third-order valence-electron chi connectivity index (χ3n) is 3.24. The standard InChI is InChI=1S/C16H27NO3S/c1-5-9-17-14(12-21(18)10-6-2)13-7-8-15(19-3)16(11-13)20-4/h7-8,11,14,17H,5-6,9-10,12H2,1-4H3. The van der Waals surface area contributed by atoms with E-state index in [1.54, 1.807) is 14.2 Å². The SMILES string of the molecule is CCCNC(CS(=O)CCC)c1ccc(OC)c(OC)c1. The Labute approximate surface area is 130 Å². The van der Waals surface area contributed by atoms with Crippen LogP contribution < -0.4 is 14.8 Å². The molecule has 0 amide bonds. The van der Waals surface area contributed by atoms with Gasteiger partial charge in [-0.05, 0) is 37.1 Å². The van der Waals surface area contributed by atoms with Crippen molar-refractivity contribution >= 4 is 10.8 Å². The molecule has 0 aliphatic carbocycles. The zero-order valence-corrected chi connectivity index (χ0v) is 14.3. The molecule has 0 saturated heterocycles. The lowest BCUT2D eigenvalue weighted by atomic mass is 10.1. The fraction of sp³-hybridized carbons (Fsp3) is 0.625. The van der Waals surface area contributed by atoms with Crippen molar-refractivity contribution in [3.05, 3.63) is 23.8 Å². The zero-order valence-electron chi connectivity index (χ0n) is 13.5. The molecular weight excluding hydrogens is 286 g/mol. The van der Waals surface area contributed by atoms with Crippen molar-refractivity contribution in [1.82, 2.24) is 5.32 Å². The minimum absolute atomic E-state index is 0.0807. The third-order valence-corrected chi connectivity index (χ3v) is 4.80. The highest BCUT2D eigenvalue weighted by Crippen LogP contribution is 2.30. The van der Waals surface area contributed by atoms with Gasteiger partial charge in [0.05, 0.1) is 14.2 Å². The van der Waals surface area contributed by atoms with E-state index in [9.17, 15) is 4.21 Å². The molecule has 21 heavy (non-hydrogen) atoms. The summed E-state index contributed by atoms with van der Waals surface area (Å²) in [6.07, 6.45) is 1.99. The summed E-state index contributed by atoms with van der Waals surface area (Å²) in [6.45, 7) is 5.09. The first-order valence-corrected chi connectivity index (χ1v) is 8.95. The van der Waals surface area contributed by atoms with Crippen molar-refractivity contribution in [2.24, 2.45) is 0 Å². The lowest BCUT2D eigenvalue weighted by molar-refractivity contribution is 0.354. The molecule has 2 atom stereocenters. The van der Waals surface area contributed by atoms with E-state index in [1.165, 1.54) is 0 Å². The minimum atomic E-state index is -0.804. The summed E-state index contributed by atoms with van der Waals surface area (Å²) in [5.74, 6) is 2.80. The highest BCUT2D eigenvalue weighted by molar-refractivity contribution is 7.85. The predicted molar refractivity (Wildman–Crippen MR) is 88.7 cm³/mol. The minimum Gasteiger partial charge on any atom is -0.493 e. The molecule has 2 unspecified atom stereocenters. The summed E-state index contributed by atoms with van der Waals surface area (Å²) in [5.41, 5.74) is 1.09. The van der Waals surface area contributed by atoms with Crippen molar-refractivity contribution in [2.45, 2.75) is 32.7 Å². The molecule has 0 bridgehead atoms. The molecule has 5 heteroatoms. The van der Waals surface area contributed by atoms with Crippen molar-refractivity contribution in [3.63, 3.8) is 0 Å². The van der Waals surface area contributed by atoms with Crippen LogP contribution in [0.3, 0.4) is 0 Å². The number of ether oxygens (including phenoxy) is 2. The molecule has 1 aromatic rings. The smallest absolute Gasteiger partial charge is 0.161 e. The molecular formula is C16H27NO3S. The van der Waals surface area contributed by atoms with Crippen LogP contribution in [0.2, 0.25) is 0 Å². The van der Waals surface area contributed by atoms with Gasteiger partial charge >= 0.3 is 0 Å². The van der Waals surface area contributed by atoms with E-state index in [-0.39, 0.29) is 6.04 Å². The Hall–Kier alpha value is -1.07. The van der Waals surface area contributed by atoms with Crippen LogP contribution >= 0.6 is 0 Å². The van der Waals surface area contributed by atoms with Gasteiger partial charge in [-0.15, -0.1) is 0 Å². The van der Waals surface area contributed by atoms with Crippen LogP contribution in [0.15, 0.2) is 18.2 Å². The van der Waals surface area contributed by atoms with Crippen LogP contribution in [0, 0.1) is 0 Å². The van der Waals surface area contributed by atoms with Crippen LogP contribution in [0.5, 0.6) is 11.5 Å². The third kappa shape index (κ3) is 5.67. The van der Waals surface area contributed by atoms with Gasteiger partial charge in [0, 0.05) is 28.3 Å². The number of benzene rings is 1. The number of hydrogen-bond donors (Lipinski definition) is 1. The first kappa shape index (κ1) is 18.0. The van der Waals surface area contributed by atoms with Crippen molar-refractivity contribution in [1.29, 1.82) is 0 Å². The predicted octanol–water partition coefficient (Wildman–Crippen LogP) is 2.90. The van der Waals surface area contributed by atoms with E-state index < -0.39 is 10.8 Å². The molecule has 0 aliphatic rings.